The van der Waals surface area contributed by atoms with Gasteiger partial charge in [-0.2, -0.15) is 4.37 Å². The van der Waals surface area contributed by atoms with Gasteiger partial charge in [0.15, 0.2) is 5.78 Å². The zero-order valence-electron chi connectivity index (χ0n) is 22.4. The molecular formula is C27H40N4O5S. The molecule has 0 aliphatic carbocycles. The SMILES string of the molecule is CCCN(CCNc1ccc2c(C(=O)C[C@@H]3CN4CCC3CC4)nsc2c1)C(=O)OC(C)(C)C.O=CO. The number of piperidine rings is 3. The van der Waals surface area contributed by atoms with E-state index < -0.39 is 5.60 Å². The molecule has 1 amide bonds. The van der Waals surface area contributed by atoms with Crippen LogP contribution in [0.5, 0.6) is 0 Å². The van der Waals surface area contributed by atoms with E-state index in [0.29, 0.717) is 43.6 Å². The second-order valence-electron chi connectivity index (χ2n) is 10.8. The van der Waals surface area contributed by atoms with Gasteiger partial charge in [0.2, 0.25) is 0 Å². The van der Waals surface area contributed by atoms with Crippen molar-refractivity contribution < 1.29 is 24.2 Å². The average Bonchev–Trinajstić information content (AvgIpc) is 3.27. The van der Waals surface area contributed by atoms with Gasteiger partial charge in [0, 0.05) is 43.7 Å². The number of carbonyl (C=O) groups is 3. The molecule has 9 nitrogen and oxygen atoms in total. The number of hydrogen-bond acceptors (Lipinski definition) is 8. The summed E-state index contributed by atoms with van der Waals surface area (Å²) in [5, 5.41) is 11.2. The fourth-order valence-electron chi connectivity index (χ4n) is 5.13. The van der Waals surface area contributed by atoms with Crippen LogP contribution in [0.15, 0.2) is 18.2 Å². The molecule has 0 spiro atoms. The van der Waals surface area contributed by atoms with Crippen molar-refractivity contribution in [2.75, 3.05) is 44.6 Å². The number of amides is 1. The molecule has 0 unspecified atom stereocenters. The first kappa shape index (κ1) is 28.8. The third-order valence-corrected chi connectivity index (χ3v) is 7.64. The van der Waals surface area contributed by atoms with Crippen LogP contribution in [-0.2, 0) is 9.53 Å². The highest BCUT2D eigenvalue weighted by Crippen LogP contribution is 2.36. The normalized spacial score (nSPS) is 20.6. The Morgan fingerprint density at radius 1 is 1.27 bits per heavy atom. The molecule has 0 saturated carbocycles. The van der Waals surface area contributed by atoms with Crippen LogP contribution in [0.1, 0.15) is 63.9 Å². The molecule has 2 aromatic rings. The number of nitrogens with one attached hydrogen (secondary N) is 1. The molecule has 3 aliphatic heterocycles. The van der Waals surface area contributed by atoms with Crippen molar-refractivity contribution in [2.24, 2.45) is 11.8 Å². The molecule has 3 saturated heterocycles. The fourth-order valence-corrected chi connectivity index (χ4v) is 5.96. The van der Waals surface area contributed by atoms with Gasteiger partial charge in [-0.15, -0.1) is 0 Å². The van der Waals surface area contributed by atoms with Crippen LogP contribution in [0.4, 0.5) is 10.5 Å². The standard InChI is InChI=1S/C26H38N4O3S.CH2O2/c1-5-11-30(25(32)33-26(2,3)4)14-10-27-20-6-7-21-23(16-20)34-28-24(21)22(31)15-19-17-29-12-8-18(19)9-13-29;2-1-3/h6-7,16,18-19,27H,5,8-15,17H2,1-4H3;1H,(H,2,3)/t19-;/m1./s1. The topological polar surface area (TPSA) is 112 Å². The van der Waals surface area contributed by atoms with Crippen LogP contribution in [0.25, 0.3) is 10.1 Å². The lowest BCUT2D eigenvalue weighted by Gasteiger charge is -2.44. The molecule has 204 valence electrons. The molecule has 5 rings (SSSR count). The van der Waals surface area contributed by atoms with Crippen LogP contribution in [0.2, 0.25) is 0 Å². The van der Waals surface area contributed by atoms with Crippen molar-refractivity contribution >= 4 is 45.7 Å². The van der Waals surface area contributed by atoms with Gasteiger partial charge in [-0.1, -0.05) is 6.92 Å². The van der Waals surface area contributed by atoms with E-state index in [1.54, 1.807) is 4.90 Å². The van der Waals surface area contributed by atoms with E-state index in [4.69, 9.17) is 14.6 Å². The second-order valence-corrected chi connectivity index (χ2v) is 11.6. The first-order valence-corrected chi connectivity index (χ1v) is 13.9. The lowest BCUT2D eigenvalue weighted by atomic mass is 9.76. The Bertz CT molecular complexity index is 1060. The Balaban J connectivity index is 0.00000121. The smallest absolute Gasteiger partial charge is 0.410 e. The molecule has 1 atom stereocenters. The Kier molecular flexibility index (Phi) is 10.3. The van der Waals surface area contributed by atoms with E-state index in [-0.39, 0.29) is 18.3 Å². The maximum Gasteiger partial charge on any atom is 0.410 e. The van der Waals surface area contributed by atoms with Crippen LogP contribution < -0.4 is 5.32 Å². The molecule has 1 aromatic carbocycles. The fraction of sp³-hybridized carbons (Fsp3) is 0.630. The van der Waals surface area contributed by atoms with Crippen LogP contribution in [0, 0.1) is 11.8 Å². The van der Waals surface area contributed by atoms with Crippen molar-refractivity contribution in [1.82, 2.24) is 14.2 Å². The highest BCUT2D eigenvalue weighted by atomic mass is 32.1. The van der Waals surface area contributed by atoms with E-state index in [1.165, 1.54) is 37.5 Å². The summed E-state index contributed by atoms with van der Waals surface area (Å²) >= 11 is 1.39. The number of anilines is 1. The average molecular weight is 533 g/mol. The highest BCUT2D eigenvalue weighted by molar-refractivity contribution is 7.13. The summed E-state index contributed by atoms with van der Waals surface area (Å²) in [6, 6.07) is 6.05. The number of hydrogen-bond donors (Lipinski definition) is 2. The first-order chi connectivity index (χ1) is 17.6. The van der Waals surface area contributed by atoms with E-state index >= 15 is 0 Å². The third kappa shape index (κ3) is 8.13. The van der Waals surface area contributed by atoms with Gasteiger partial charge in [0.05, 0.1) is 4.70 Å². The van der Waals surface area contributed by atoms with Gasteiger partial charge in [-0.25, -0.2) is 4.79 Å². The van der Waals surface area contributed by atoms with E-state index in [2.05, 4.69) is 27.6 Å². The van der Waals surface area contributed by atoms with Crippen LogP contribution in [-0.4, -0.2) is 82.5 Å². The maximum absolute atomic E-state index is 13.1. The summed E-state index contributed by atoms with van der Waals surface area (Å²) in [6.45, 7) is 12.7. The highest BCUT2D eigenvalue weighted by Gasteiger charge is 2.35. The summed E-state index contributed by atoms with van der Waals surface area (Å²) in [4.78, 5) is 38.1. The van der Waals surface area contributed by atoms with Crippen LogP contribution in [0.3, 0.4) is 0 Å². The summed E-state index contributed by atoms with van der Waals surface area (Å²) in [7, 11) is 0. The summed E-state index contributed by atoms with van der Waals surface area (Å²) < 4.78 is 11.1. The van der Waals surface area contributed by atoms with Crippen molar-refractivity contribution in [3.05, 3.63) is 23.9 Å². The molecule has 1 aromatic heterocycles. The molecule has 0 radical (unpaired) electrons. The third-order valence-electron chi connectivity index (χ3n) is 6.83. The van der Waals surface area contributed by atoms with E-state index in [9.17, 15) is 9.59 Å². The van der Waals surface area contributed by atoms with Crippen molar-refractivity contribution in [1.29, 1.82) is 0 Å². The largest absolute Gasteiger partial charge is 0.483 e. The molecule has 4 heterocycles. The Hall–Kier alpha value is -2.72. The minimum atomic E-state index is -0.503. The number of Topliss-reactive ketones (excluding diaryl/α,β-unsaturated/α-hetero) is 1. The molecule has 10 heteroatoms. The van der Waals surface area contributed by atoms with E-state index in [1.807, 2.05) is 32.9 Å². The number of aromatic nitrogens is 1. The number of ketones is 1. The van der Waals surface area contributed by atoms with Crippen molar-refractivity contribution in [2.45, 2.75) is 59.0 Å². The summed E-state index contributed by atoms with van der Waals surface area (Å²) in [6.07, 6.45) is 3.67. The number of nitrogens with zero attached hydrogens (tertiary/aromatic N) is 3. The number of fused-ring (bicyclic) bond motifs is 4. The quantitative estimate of drug-likeness (QED) is 0.344. The van der Waals surface area contributed by atoms with E-state index in [0.717, 1.165) is 28.7 Å². The van der Waals surface area contributed by atoms with Crippen molar-refractivity contribution in [3.8, 4) is 0 Å². The van der Waals surface area contributed by atoms with Gasteiger partial charge >= 0.3 is 6.09 Å². The summed E-state index contributed by atoms with van der Waals surface area (Å²) in [5.74, 6) is 1.35. The maximum atomic E-state index is 13.1. The van der Waals surface area contributed by atoms with Gasteiger partial charge in [-0.05, 0) is 94.7 Å². The van der Waals surface area contributed by atoms with Crippen molar-refractivity contribution in [3.63, 3.8) is 0 Å². The lowest BCUT2D eigenvalue weighted by Crippen LogP contribution is -2.47. The minimum absolute atomic E-state index is 0.179. The molecule has 2 N–H and O–H groups in total. The monoisotopic (exact) mass is 532 g/mol. The zero-order valence-corrected chi connectivity index (χ0v) is 23.2. The van der Waals surface area contributed by atoms with Crippen LogP contribution >= 0.6 is 11.5 Å². The van der Waals surface area contributed by atoms with Gasteiger partial charge < -0.3 is 25.0 Å². The first-order valence-electron chi connectivity index (χ1n) is 13.1. The number of benzene rings is 1. The number of rotatable bonds is 9. The number of ether oxygens (including phenoxy) is 1. The van der Waals surface area contributed by atoms with Gasteiger partial charge in [0.25, 0.3) is 6.47 Å². The lowest BCUT2D eigenvalue weighted by molar-refractivity contribution is -0.122. The number of carbonyl (C=O) groups excluding carboxylic acids is 2. The minimum Gasteiger partial charge on any atom is -0.483 e. The Morgan fingerprint density at radius 3 is 2.57 bits per heavy atom. The molecular weight excluding hydrogens is 492 g/mol. The van der Waals surface area contributed by atoms with Gasteiger partial charge in [-0.3, -0.25) is 9.59 Å². The zero-order chi connectivity index (χ0) is 27.0. The molecule has 3 fully saturated rings. The predicted octanol–water partition coefficient (Wildman–Crippen LogP) is 4.97. The number of carboxylic acid groups (broad SMARTS) is 1. The van der Waals surface area contributed by atoms with Gasteiger partial charge in [0.1, 0.15) is 11.3 Å². The second kappa shape index (κ2) is 13.2. The molecule has 3 aliphatic rings. The molecule has 37 heavy (non-hydrogen) atoms. The Labute approximate surface area is 223 Å². The molecule has 2 bridgehead atoms. The predicted molar refractivity (Wildman–Crippen MR) is 147 cm³/mol. The Morgan fingerprint density at radius 2 is 1.97 bits per heavy atom. The summed E-state index contributed by atoms with van der Waals surface area (Å²) in [5.41, 5.74) is 1.09.